The Kier molecular flexibility index (Phi) is 5.63. The summed E-state index contributed by atoms with van der Waals surface area (Å²) in [5, 5.41) is 7.36. The van der Waals surface area contributed by atoms with Crippen LogP contribution in [0.2, 0.25) is 0 Å². The maximum absolute atomic E-state index is 11.6. The zero-order chi connectivity index (χ0) is 23.1. The number of pyridine rings is 1. The highest BCUT2D eigenvalue weighted by Gasteiger charge is 2.29. The minimum Gasteiger partial charge on any atom is -0.488 e. The normalized spacial score (nSPS) is 22.6. The number of aromatic nitrogens is 2. The van der Waals surface area contributed by atoms with Gasteiger partial charge in [0.1, 0.15) is 17.4 Å². The van der Waals surface area contributed by atoms with Gasteiger partial charge in [-0.2, -0.15) is 5.10 Å². The molecule has 0 radical (unpaired) electrons. The fourth-order valence-electron chi connectivity index (χ4n) is 5.15. The molecule has 0 aliphatic carbocycles. The van der Waals surface area contributed by atoms with Crippen molar-refractivity contribution in [1.82, 2.24) is 19.8 Å². The quantitative estimate of drug-likeness (QED) is 0.608. The van der Waals surface area contributed by atoms with E-state index in [1.165, 1.54) is 5.69 Å². The monoisotopic (exact) mass is 461 g/mol. The third kappa shape index (κ3) is 4.12. The van der Waals surface area contributed by atoms with Crippen molar-refractivity contribution in [1.29, 1.82) is 0 Å². The van der Waals surface area contributed by atoms with Gasteiger partial charge in [-0.05, 0) is 36.8 Å². The van der Waals surface area contributed by atoms with Crippen LogP contribution in [0.3, 0.4) is 0 Å². The van der Waals surface area contributed by atoms with Crippen LogP contribution in [0.15, 0.2) is 48.8 Å². The highest BCUT2D eigenvalue weighted by atomic mass is 16.5. The number of nitrogens with zero attached hydrogens (tertiary/aromatic N) is 4. The third-order valence-corrected chi connectivity index (χ3v) is 7.47. The number of carbonyl (C=O) groups excluding carboxylic acids is 1. The first kappa shape index (κ1) is 21.4. The Labute approximate surface area is 199 Å². The molecule has 3 aromatic rings. The third-order valence-electron chi connectivity index (χ3n) is 7.47. The summed E-state index contributed by atoms with van der Waals surface area (Å²) in [7, 11) is 0. The molecule has 3 fully saturated rings. The van der Waals surface area contributed by atoms with E-state index in [1.54, 1.807) is 6.20 Å². The van der Waals surface area contributed by atoms with Crippen molar-refractivity contribution in [2.45, 2.75) is 25.5 Å². The molecule has 0 unspecified atom stereocenters. The van der Waals surface area contributed by atoms with Crippen molar-refractivity contribution in [2.24, 2.45) is 5.92 Å². The molecule has 1 amide bonds. The molecule has 6 rings (SSSR count). The lowest BCUT2D eigenvalue weighted by Gasteiger charge is -2.43. The van der Waals surface area contributed by atoms with Gasteiger partial charge in [0.25, 0.3) is 0 Å². The minimum atomic E-state index is -0.0690. The summed E-state index contributed by atoms with van der Waals surface area (Å²) in [6, 6.07) is 13.5. The van der Waals surface area contributed by atoms with Crippen LogP contribution in [0.1, 0.15) is 13.3 Å². The molecule has 3 aliphatic heterocycles. The van der Waals surface area contributed by atoms with Crippen molar-refractivity contribution in [3.63, 3.8) is 0 Å². The van der Waals surface area contributed by atoms with Crippen LogP contribution in [-0.4, -0.2) is 78.5 Å². The number of rotatable bonds is 6. The summed E-state index contributed by atoms with van der Waals surface area (Å²) in [5.41, 5.74) is 4.37. The van der Waals surface area contributed by atoms with Gasteiger partial charge in [0, 0.05) is 62.5 Å². The summed E-state index contributed by atoms with van der Waals surface area (Å²) in [6.45, 7) is 8.74. The lowest BCUT2D eigenvalue weighted by molar-refractivity contribution is -0.119. The van der Waals surface area contributed by atoms with E-state index in [1.807, 2.05) is 23.7 Å². The van der Waals surface area contributed by atoms with Gasteiger partial charge in [-0.25, -0.2) is 4.52 Å². The average molecular weight is 462 g/mol. The SMILES string of the molecule is C[C@@H](Oc1cc(-c2ccc(N3CCN(C4COC4)CC3)cc2)cn2nccc12)[C@H]1CNC(=O)C1. The molecule has 3 saturated heterocycles. The topological polar surface area (TPSA) is 71.3 Å². The maximum Gasteiger partial charge on any atom is 0.220 e. The number of amides is 1. The first-order chi connectivity index (χ1) is 16.6. The minimum absolute atomic E-state index is 0.0690. The van der Waals surface area contributed by atoms with Gasteiger partial charge in [0.15, 0.2) is 0 Å². The molecule has 3 aliphatic rings. The molecular weight excluding hydrogens is 430 g/mol. The number of hydrogen-bond donors (Lipinski definition) is 1. The molecule has 1 N–H and O–H groups in total. The van der Waals surface area contributed by atoms with Crippen LogP contribution in [0, 0.1) is 5.92 Å². The fourth-order valence-corrected chi connectivity index (χ4v) is 5.15. The molecule has 8 nitrogen and oxygen atoms in total. The number of nitrogens with one attached hydrogen (secondary N) is 1. The molecule has 0 saturated carbocycles. The molecule has 5 heterocycles. The van der Waals surface area contributed by atoms with Crippen LogP contribution in [0.4, 0.5) is 5.69 Å². The van der Waals surface area contributed by atoms with Crippen LogP contribution >= 0.6 is 0 Å². The number of piperazine rings is 1. The Bertz CT molecular complexity index is 1160. The van der Waals surface area contributed by atoms with E-state index in [0.29, 0.717) is 19.0 Å². The Balaban J connectivity index is 1.19. The van der Waals surface area contributed by atoms with Gasteiger partial charge in [-0.3, -0.25) is 9.69 Å². The van der Waals surface area contributed by atoms with Crippen LogP contribution < -0.4 is 15.0 Å². The van der Waals surface area contributed by atoms with Gasteiger partial charge in [0.2, 0.25) is 5.91 Å². The molecular formula is C26H31N5O3. The lowest BCUT2D eigenvalue weighted by Crippen LogP contribution is -2.56. The van der Waals surface area contributed by atoms with E-state index in [0.717, 1.165) is 61.8 Å². The number of benzene rings is 1. The van der Waals surface area contributed by atoms with Crippen LogP contribution in [0.25, 0.3) is 16.6 Å². The molecule has 0 bridgehead atoms. The molecule has 2 atom stereocenters. The number of carbonyl (C=O) groups is 1. The second-order valence-corrected chi connectivity index (χ2v) is 9.61. The van der Waals surface area contributed by atoms with Crippen molar-refractivity contribution in [2.75, 3.05) is 50.8 Å². The van der Waals surface area contributed by atoms with E-state index < -0.39 is 0 Å². The van der Waals surface area contributed by atoms with Crippen molar-refractivity contribution >= 4 is 17.1 Å². The van der Waals surface area contributed by atoms with Gasteiger partial charge >= 0.3 is 0 Å². The summed E-state index contributed by atoms with van der Waals surface area (Å²) < 4.78 is 13.6. The zero-order valence-corrected chi connectivity index (χ0v) is 19.5. The summed E-state index contributed by atoms with van der Waals surface area (Å²) in [6.07, 6.45) is 4.28. The van der Waals surface area contributed by atoms with E-state index >= 15 is 0 Å². The summed E-state index contributed by atoms with van der Waals surface area (Å²) in [5.74, 6) is 1.07. The smallest absolute Gasteiger partial charge is 0.220 e. The Morgan fingerprint density at radius 3 is 2.56 bits per heavy atom. The van der Waals surface area contributed by atoms with Gasteiger partial charge in [-0.1, -0.05) is 12.1 Å². The number of hydrogen-bond acceptors (Lipinski definition) is 6. The predicted molar refractivity (Wildman–Crippen MR) is 130 cm³/mol. The molecule has 0 spiro atoms. The number of ether oxygens (including phenoxy) is 2. The first-order valence-corrected chi connectivity index (χ1v) is 12.2. The number of fused-ring (bicyclic) bond motifs is 1. The molecule has 178 valence electrons. The second-order valence-electron chi connectivity index (χ2n) is 9.61. The van der Waals surface area contributed by atoms with E-state index in [9.17, 15) is 4.79 Å². The van der Waals surface area contributed by atoms with Crippen molar-refractivity contribution < 1.29 is 14.3 Å². The molecule has 8 heteroatoms. The molecule has 34 heavy (non-hydrogen) atoms. The van der Waals surface area contributed by atoms with Gasteiger partial charge < -0.3 is 19.7 Å². The van der Waals surface area contributed by atoms with Gasteiger partial charge in [-0.15, -0.1) is 0 Å². The Hall–Kier alpha value is -3.10. The predicted octanol–water partition coefficient (Wildman–Crippen LogP) is 2.43. The highest BCUT2D eigenvalue weighted by Crippen LogP contribution is 2.31. The summed E-state index contributed by atoms with van der Waals surface area (Å²) >= 11 is 0. The van der Waals surface area contributed by atoms with E-state index in [2.05, 4.69) is 50.5 Å². The van der Waals surface area contributed by atoms with Crippen molar-refractivity contribution in [3.8, 4) is 16.9 Å². The second kappa shape index (κ2) is 8.92. The van der Waals surface area contributed by atoms with Crippen LogP contribution in [0.5, 0.6) is 5.75 Å². The Morgan fingerprint density at radius 2 is 1.88 bits per heavy atom. The highest BCUT2D eigenvalue weighted by molar-refractivity contribution is 5.78. The first-order valence-electron chi connectivity index (χ1n) is 12.2. The maximum atomic E-state index is 11.6. The molecule has 2 aromatic heterocycles. The fraction of sp³-hybridized carbons (Fsp3) is 0.462. The Morgan fingerprint density at radius 1 is 1.09 bits per heavy atom. The average Bonchev–Trinajstić information content (AvgIpc) is 3.48. The largest absolute Gasteiger partial charge is 0.488 e. The summed E-state index contributed by atoms with van der Waals surface area (Å²) in [4.78, 5) is 16.6. The molecule has 1 aromatic carbocycles. The van der Waals surface area contributed by atoms with E-state index in [-0.39, 0.29) is 17.9 Å². The zero-order valence-electron chi connectivity index (χ0n) is 19.5. The van der Waals surface area contributed by atoms with Crippen LogP contribution in [-0.2, 0) is 9.53 Å². The lowest BCUT2D eigenvalue weighted by atomic mass is 10.0. The standard InChI is InChI=1S/C26H31N5O3/c1-18(20-13-26(32)27-14-20)34-25-12-21(15-31-24(25)6-7-28-31)19-2-4-22(5-3-19)29-8-10-30(11-9-29)23-16-33-17-23/h2-7,12,15,18,20,23H,8-11,13-14,16-17H2,1H3,(H,27,32)/t18-,20-/m1/s1. The number of anilines is 1. The van der Waals surface area contributed by atoms with Gasteiger partial charge in [0.05, 0.1) is 25.5 Å². The van der Waals surface area contributed by atoms with Crippen molar-refractivity contribution in [3.05, 3.63) is 48.8 Å². The van der Waals surface area contributed by atoms with E-state index in [4.69, 9.17) is 9.47 Å².